The third-order valence-corrected chi connectivity index (χ3v) is 3.72. The molecule has 22 heavy (non-hydrogen) atoms. The molecule has 0 aliphatic carbocycles. The Labute approximate surface area is 129 Å². The second-order valence-corrected chi connectivity index (χ2v) is 5.40. The van der Waals surface area contributed by atoms with Crippen LogP contribution in [-0.2, 0) is 11.0 Å². The average molecular weight is 314 g/mol. The number of likely N-dealkylation sites (tertiary alicyclic amines) is 1. The Hall–Kier alpha value is -1.98. The summed E-state index contributed by atoms with van der Waals surface area (Å²) in [4.78, 5) is 13.4. The first kappa shape index (κ1) is 16.4. The fraction of sp³-hybridized carbons (Fsp3) is 0.438. The van der Waals surface area contributed by atoms with Crippen LogP contribution in [0.1, 0.15) is 26.3 Å². The Bertz CT molecular complexity index is 548. The number of halogens is 3. The molecule has 1 aromatic carbocycles. The van der Waals surface area contributed by atoms with Crippen molar-refractivity contribution in [2.24, 2.45) is 0 Å². The van der Waals surface area contributed by atoms with Crippen molar-refractivity contribution >= 4 is 11.6 Å². The number of nitrogens with zero attached hydrogens (tertiary/aromatic N) is 1. The second-order valence-electron chi connectivity index (χ2n) is 5.40. The number of amides is 1. The first-order valence-corrected chi connectivity index (χ1v) is 7.25. The van der Waals surface area contributed by atoms with Gasteiger partial charge < -0.3 is 10.2 Å². The summed E-state index contributed by atoms with van der Waals surface area (Å²) in [5.74, 6) is -0.141. The highest BCUT2D eigenvalue weighted by atomic mass is 19.4. The largest absolute Gasteiger partial charge is 0.416 e. The molecule has 0 radical (unpaired) electrons. The van der Waals surface area contributed by atoms with E-state index in [2.05, 4.69) is 11.9 Å². The van der Waals surface area contributed by atoms with Crippen molar-refractivity contribution in [1.29, 1.82) is 0 Å². The molecule has 3 nitrogen and oxygen atoms in total. The highest BCUT2D eigenvalue weighted by molar-refractivity contribution is 5.87. The van der Waals surface area contributed by atoms with E-state index < -0.39 is 11.7 Å². The zero-order chi connectivity index (χ0) is 16.2. The van der Waals surface area contributed by atoms with Crippen LogP contribution in [0.15, 0.2) is 36.9 Å². The maximum atomic E-state index is 12.7. The molecule has 1 saturated heterocycles. The predicted molar refractivity (Wildman–Crippen MR) is 81.6 cm³/mol. The molecule has 0 unspecified atom stereocenters. The fourth-order valence-corrected chi connectivity index (χ4v) is 2.61. The van der Waals surface area contributed by atoms with Gasteiger partial charge in [-0.25, -0.2) is 0 Å². The van der Waals surface area contributed by atoms with Crippen LogP contribution in [-0.4, -0.2) is 29.9 Å². The van der Waals surface area contributed by atoms with E-state index >= 15 is 0 Å². The maximum Gasteiger partial charge on any atom is 0.416 e. The van der Waals surface area contributed by atoms with E-state index in [1.165, 1.54) is 12.1 Å². The Balaban J connectivity index is 0.00000264. The van der Waals surface area contributed by atoms with Gasteiger partial charge in [-0.1, -0.05) is 12.6 Å². The van der Waals surface area contributed by atoms with Gasteiger partial charge in [0.05, 0.1) is 5.56 Å². The van der Waals surface area contributed by atoms with Gasteiger partial charge >= 0.3 is 6.18 Å². The number of anilines is 1. The molecule has 0 spiro atoms. The van der Waals surface area contributed by atoms with E-state index in [-0.39, 0.29) is 13.4 Å². The monoisotopic (exact) mass is 314 g/mol. The van der Waals surface area contributed by atoms with Crippen LogP contribution < -0.4 is 5.32 Å². The van der Waals surface area contributed by atoms with Crippen LogP contribution in [0, 0.1) is 0 Å². The standard InChI is InChI=1S/C16H19F3N2O.H2/c1-2-15(22)21-9-4-3-7-14(11-21)20-13-8-5-6-12(10-13)16(17,18)19;/h2,5-6,8,10,14,20H,1,3-4,7,9,11H2;1H/t14-;/m1./s1. The number of carbonyl (C=O) groups excluding carboxylic acids is 1. The highest BCUT2D eigenvalue weighted by Crippen LogP contribution is 2.31. The molecule has 1 aromatic rings. The summed E-state index contributed by atoms with van der Waals surface area (Å²) in [5, 5.41) is 3.11. The molecule has 2 rings (SSSR count). The summed E-state index contributed by atoms with van der Waals surface area (Å²) >= 11 is 0. The van der Waals surface area contributed by atoms with E-state index in [0.29, 0.717) is 18.8 Å². The molecule has 0 saturated carbocycles. The maximum absolute atomic E-state index is 12.7. The smallest absolute Gasteiger partial charge is 0.381 e. The molecular formula is C16H21F3N2O. The van der Waals surface area contributed by atoms with Crippen LogP contribution in [0.4, 0.5) is 18.9 Å². The Morgan fingerprint density at radius 1 is 1.41 bits per heavy atom. The molecule has 1 amide bonds. The van der Waals surface area contributed by atoms with Gasteiger partial charge in [0.25, 0.3) is 0 Å². The lowest BCUT2D eigenvalue weighted by Crippen LogP contribution is -2.38. The van der Waals surface area contributed by atoms with Crippen LogP contribution in [0.3, 0.4) is 0 Å². The third kappa shape index (κ3) is 4.26. The summed E-state index contributed by atoms with van der Waals surface area (Å²) in [5.41, 5.74) is -0.252. The number of nitrogens with one attached hydrogen (secondary N) is 1. The van der Waals surface area contributed by atoms with Crippen molar-refractivity contribution in [2.75, 3.05) is 18.4 Å². The first-order valence-electron chi connectivity index (χ1n) is 7.25. The van der Waals surface area contributed by atoms with Crippen molar-refractivity contribution < 1.29 is 19.4 Å². The van der Waals surface area contributed by atoms with Gasteiger partial charge in [0.1, 0.15) is 0 Å². The summed E-state index contributed by atoms with van der Waals surface area (Å²) in [6.45, 7) is 4.61. The number of rotatable bonds is 3. The minimum Gasteiger partial charge on any atom is -0.381 e. The quantitative estimate of drug-likeness (QED) is 0.857. The van der Waals surface area contributed by atoms with E-state index in [9.17, 15) is 18.0 Å². The van der Waals surface area contributed by atoms with Crippen molar-refractivity contribution in [3.05, 3.63) is 42.5 Å². The van der Waals surface area contributed by atoms with Gasteiger partial charge in [0, 0.05) is 26.2 Å². The van der Waals surface area contributed by atoms with Crippen LogP contribution >= 0.6 is 0 Å². The lowest BCUT2D eigenvalue weighted by atomic mass is 10.1. The van der Waals surface area contributed by atoms with Gasteiger partial charge in [-0.15, -0.1) is 0 Å². The van der Waals surface area contributed by atoms with E-state index in [4.69, 9.17) is 0 Å². The number of alkyl halides is 3. The van der Waals surface area contributed by atoms with Gasteiger partial charge in [-0.2, -0.15) is 13.2 Å². The van der Waals surface area contributed by atoms with Gasteiger partial charge in [-0.3, -0.25) is 4.79 Å². The van der Waals surface area contributed by atoms with E-state index in [1.807, 2.05) is 0 Å². The number of hydrogen-bond acceptors (Lipinski definition) is 2. The molecule has 1 fully saturated rings. The second kappa shape index (κ2) is 6.85. The Kier molecular flexibility index (Phi) is 5.11. The molecule has 0 bridgehead atoms. The SMILES string of the molecule is C=CC(=O)N1CCCC[C@@H](Nc2cccc(C(F)(F)F)c2)C1.[HH]. The molecule has 1 atom stereocenters. The molecule has 1 heterocycles. The molecule has 122 valence electrons. The van der Waals surface area contributed by atoms with Crippen LogP contribution in [0.25, 0.3) is 0 Å². The molecular weight excluding hydrogens is 293 g/mol. The topological polar surface area (TPSA) is 32.3 Å². The highest BCUT2D eigenvalue weighted by Gasteiger charge is 2.30. The summed E-state index contributed by atoms with van der Waals surface area (Å²) in [7, 11) is 0. The van der Waals surface area contributed by atoms with Crippen molar-refractivity contribution in [3.8, 4) is 0 Å². The van der Waals surface area contributed by atoms with Crippen molar-refractivity contribution in [2.45, 2.75) is 31.5 Å². The van der Waals surface area contributed by atoms with Crippen molar-refractivity contribution in [3.63, 3.8) is 0 Å². The van der Waals surface area contributed by atoms with Crippen LogP contribution in [0.5, 0.6) is 0 Å². The number of benzene rings is 1. The van der Waals surface area contributed by atoms with Gasteiger partial charge in [0.2, 0.25) is 5.91 Å². The molecule has 0 aromatic heterocycles. The predicted octanol–water partition coefficient (Wildman–Crippen LogP) is 3.93. The summed E-state index contributed by atoms with van der Waals surface area (Å²) < 4.78 is 38.2. The molecule has 6 heteroatoms. The molecule has 1 aliphatic heterocycles. The zero-order valence-corrected chi connectivity index (χ0v) is 12.2. The Morgan fingerprint density at radius 2 is 2.18 bits per heavy atom. The minimum absolute atomic E-state index is 0. The van der Waals surface area contributed by atoms with Gasteiger partial charge in [-0.05, 0) is 43.5 Å². The zero-order valence-electron chi connectivity index (χ0n) is 12.2. The fourth-order valence-electron chi connectivity index (χ4n) is 2.61. The lowest BCUT2D eigenvalue weighted by molar-refractivity contribution is -0.137. The molecule has 1 aliphatic rings. The number of hydrogen-bond donors (Lipinski definition) is 1. The normalized spacial score (nSPS) is 19.4. The third-order valence-electron chi connectivity index (χ3n) is 3.72. The van der Waals surface area contributed by atoms with Gasteiger partial charge in [0.15, 0.2) is 0 Å². The summed E-state index contributed by atoms with van der Waals surface area (Å²) in [6.07, 6.45) is -0.451. The van der Waals surface area contributed by atoms with E-state index in [1.54, 1.807) is 11.0 Å². The average Bonchev–Trinajstić information content (AvgIpc) is 2.71. The summed E-state index contributed by atoms with van der Waals surface area (Å²) in [6, 6.07) is 5.08. The lowest BCUT2D eigenvalue weighted by Gasteiger charge is -2.25. The number of carbonyl (C=O) groups is 1. The van der Waals surface area contributed by atoms with Crippen LogP contribution in [0.2, 0.25) is 0 Å². The van der Waals surface area contributed by atoms with E-state index in [0.717, 1.165) is 31.4 Å². The minimum atomic E-state index is -4.36. The molecule has 1 N–H and O–H groups in total. The first-order chi connectivity index (χ1) is 10.4. The van der Waals surface area contributed by atoms with Crippen molar-refractivity contribution in [1.82, 2.24) is 4.90 Å². The Morgan fingerprint density at radius 3 is 2.86 bits per heavy atom.